The van der Waals surface area contributed by atoms with E-state index in [1.54, 1.807) is 13.3 Å². The van der Waals surface area contributed by atoms with Crippen molar-refractivity contribution < 1.29 is 14.3 Å². The Balaban J connectivity index is 1.56. The molecule has 0 aliphatic heterocycles. The molecular formula is C24H30N2O3. The van der Waals surface area contributed by atoms with E-state index in [2.05, 4.69) is 55.6 Å². The Labute approximate surface area is 173 Å². The molecule has 0 aromatic heterocycles. The van der Waals surface area contributed by atoms with Crippen LogP contribution < -0.4 is 14.9 Å². The van der Waals surface area contributed by atoms with Crippen LogP contribution in [0.15, 0.2) is 47.6 Å². The molecular weight excluding hydrogens is 364 g/mol. The largest absolute Gasteiger partial charge is 0.493 e. The standard InChI is InChI=1S/C24H30N2O3/c1-6-29-22-13-16(7-12-21(22)28-5)15-25-26-23(27)20-14-19(20)17-8-10-18(11-9-17)24(2,3)4/h7-13,15,19-20H,6,14H2,1-5H3,(H,26,27)/t19-,20+/m1/s1. The van der Waals surface area contributed by atoms with Crippen LogP contribution in [0, 0.1) is 5.92 Å². The van der Waals surface area contributed by atoms with E-state index < -0.39 is 0 Å². The first-order valence-electron chi connectivity index (χ1n) is 10.1. The lowest BCUT2D eigenvalue weighted by Crippen LogP contribution is -2.20. The van der Waals surface area contributed by atoms with Crippen molar-refractivity contribution in [3.8, 4) is 11.5 Å². The number of ether oxygens (including phenoxy) is 2. The highest BCUT2D eigenvalue weighted by Gasteiger charge is 2.44. The van der Waals surface area contributed by atoms with E-state index in [1.165, 1.54) is 11.1 Å². The summed E-state index contributed by atoms with van der Waals surface area (Å²) in [5.74, 6) is 1.56. The molecule has 154 valence electrons. The molecule has 0 unspecified atom stereocenters. The van der Waals surface area contributed by atoms with Crippen molar-refractivity contribution in [2.45, 2.75) is 45.4 Å². The molecule has 1 fully saturated rings. The van der Waals surface area contributed by atoms with Gasteiger partial charge in [0, 0.05) is 5.92 Å². The Hall–Kier alpha value is -2.82. The van der Waals surface area contributed by atoms with Crippen LogP contribution in [-0.2, 0) is 10.2 Å². The van der Waals surface area contributed by atoms with Gasteiger partial charge in [-0.3, -0.25) is 4.79 Å². The maximum Gasteiger partial charge on any atom is 0.243 e. The van der Waals surface area contributed by atoms with Crippen LogP contribution in [-0.4, -0.2) is 25.8 Å². The van der Waals surface area contributed by atoms with E-state index in [0.29, 0.717) is 18.1 Å². The van der Waals surface area contributed by atoms with Crippen molar-refractivity contribution in [3.63, 3.8) is 0 Å². The molecule has 5 nitrogen and oxygen atoms in total. The lowest BCUT2D eigenvalue weighted by molar-refractivity contribution is -0.122. The van der Waals surface area contributed by atoms with Crippen LogP contribution in [0.25, 0.3) is 0 Å². The molecule has 0 bridgehead atoms. The van der Waals surface area contributed by atoms with Crippen LogP contribution in [0.2, 0.25) is 0 Å². The maximum atomic E-state index is 12.4. The molecule has 1 N–H and O–H groups in total. The molecule has 2 aromatic carbocycles. The van der Waals surface area contributed by atoms with E-state index in [4.69, 9.17) is 9.47 Å². The van der Waals surface area contributed by atoms with Gasteiger partial charge in [-0.15, -0.1) is 0 Å². The third kappa shape index (κ3) is 5.17. The Kier molecular flexibility index (Phi) is 6.26. The van der Waals surface area contributed by atoms with Gasteiger partial charge in [-0.25, -0.2) is 5.43 Å². The third-order valence-corrected chi connectivity index (χ3v) is 5.21. The highest BCUT2D eigenvalue weighted by Crippen LogP contribution is 2.47. The smallest absolute Gasteiger partial charge is 0.243 e. The summed E-state index contributed by atoms with van der Waals surface area (Å²) in [6, 6.07) is 14.2. The number of hydrazone groups is 1. The molecule has 1 saturated carbocycles. The van der Waals surface area contributed by atoms with Crippen molar-refractivity contribution in [2.75, 3.05) is 13.7 Å². The van der Waals surface area contributed by atoms with Crippen molar-refractivity contribution in [3.05, 3.63) is 59.2 Å². The number of nitrogens with zero attached hydrogens (tertiary/aromatic N) is 1. The van der Waals surface area contributed by atoms with Crippen LogP contribution in [0.5, 0.6) is 11.5 Å². The molecule has 29 heavy (non-hydrogen) atoms. The van der Waals surface area contributed by atoms with Crippen LogP contribution in [0.3, 0.4) is 0 Å². The summed E-state index contributed by atoms with van der Waals surface area (Å²) >= 11 is 0. The first-order chi connectivity index (χ1) is 13.8. The summed E-state index contributed by atoms with van der Waals surface area (Å²) in [7, 11) is 1.61. The number of carbonyl (C=O) groups is 1. The summed E-state index contributed by atoms with van der Waals surface area (Å²) in [5.41, 5.74) is 6.16. The Morgan fingerprint density at radius 3 is 2.52 bits per heavy atom. The zero-order valence-corrected chi connectivity index (χ0v) is 17.9. The summed E-state index contributed by atoms with van der Waals surface area (Å²) in [4.78, 5) is 12.4. The summed E-state index contributed by atoms with van der Waals surface area (Å²) in [5, 5.41) is 4.11. The van der Waals surface area contributed by atoms with Crippen LogP contribution in [0.4, 0.5) is 0 Å². The Bertz CT molecular complexity index is 882. The fourth-order valence-corrected chi connectivity index (χ4v) is 3.38. The molecule has 2 aromatic rings. The molecule has 2 atom stereocenters. The number of benzene rings is 2. The predicted octanol–water partition coefficient (Wildman–Crippen LogP) is 4.65. The SMILES string of the molecule is CCOc1cc(C=NNC(=O)[C@H]2C[C@@H]2c2ccc(C(C)(C)C)cc2)ccc1OC. The average molecular weight is 395 g/mol. The van der Waals surface area contributed by atoms with Crippen molar-refractivity contribution in [1.82, 2.24) is 5.43 Å². The molecule has 0 heterocycles. The molecule has 0 spiro atoms. The molecule has 3 rings (SSSR count). The maximum absolute atomic E-state index is 12.4. The van der Waals surface area contributed by atoms with Gasteiger partial charge in [0.25, 0.3) is 0 Å². The van der Waals surface area contributed by atoms with Gasteiger partial charge in [0.15, 0.2) is 11.5 Å². The van der Waals surface area contributed by atoms with Crippen LogP contribution in [0.1, 0.15) is 56.7 Å². The second kappa shape index (κ2) is 8.68. The van der Waals surface area contributed by atoms with Gasteiger partial charge < -0.3 is 9.47 Å². The third-order valence-electron chi connectivity index (χ3n) is 5.21. The van der Waals surface area contributed by atoms with Gasteiger partial charge in [-0.2, -0.15) is 5.10 Å². The van der Waals surface area contributed by atoms with Crippen molar-refractivity contribution in [1.29, 1.82) is 0 Å². The zero-order valence-electron chi connectivity index (χ0n) is 17.9. The number of nitrogens with one attached hydrogen (secondary N) is 1. The van der Waals surface area contributed by atoms with Gasteiger partial charge in [-0.1, -0.05) is 45.0 Å². The average Bonchev–Trinajstić information content (AvgIpc) is 3.49. The van der Waals surface area contributed by atoms with Gasteiger partial charge in [0.05, 0.1) is 19.9 Å². The van der Waals surface area contributed by atoms with E-state index in [9.17, 15) is 4.79 Å². The summed E-state index contributed by atoms with van der Waals surface area (Å²) in [6.07, 6.45) is 2.49. The minimum atomic E-state index is -0.0373. The normalized spacial score (nSPS) is 18.5. The van der Waals surface area contributed by atoms with Gasteiger partial charge in [-0.05, 0) is 59.6 Å². The second-order valence-electron chi connectivity index (χ2n) is 8.40. The summed E-state index contributed by atoms with van der Waals surface area (Å²) in [6.45, 7) is 9.07. The topological polar surface area (TPSA) is 59.9 Å². The first-order valence-corrected chi connectivity index (χ1v) is 10.1. The van der Waals surface area contributed by atoms with Crippen molar-refractivity contribution >= 4 is 12.1 Å². The highest BCUT2D eigenvalue weighted by molar-refractivity contribution is 5.86. The number of hydrogen-bond acceptors (Lipinski definition) is 4. The quantitative estimate of drug-likeness (QED) is 0.549. The van der Waals surface area contributed by atoms with Gasteiger partial charge in [0.1, 0.15) is 0 Å². The fraction of sp³-hybridized carbons (Fsp3) is 0.417. The molecule has 0 saturated heterocycles. The molecule has 5 heteroatoms. The van der Waals surface area contributed by atoms with E-state index in [-0.39, 0.29) is 23.2 Å². The van der Waals surface area contributed by atoms with E-state index in [1.807, 2.05) is 25.1 Å². The highest BCUT2D eigenvalue weighted by atomic mass is 16.5. The molecule has 1 aliphatic carbocycles. The lowest BCUT2D eigenvalue weighted by atomic mass is 9.86. The minimum Gasteiger partial charge on any atom is -0.493 e. The van der Waals surface area contributed by atoms with E-state index >= 15 is 0 Å². The first kappa shape index (κ1) is 20.9. The van der Waals surface area contributed by atoms with Gasteiger partial charge in [0.2, 0.25) is 5.91 Å². The Morgan fingerprint density at radius 2 is 1.90 bits per heavy atom. The number of rotatable bonds is 7. The number of carbonyl (C=O) groups excluding carboxylic acids is 1. The van der Waals surface area contributed by atoms with E-state index in [0.717, 1.165) is 12.0 Å². The lowest BCUT2D eigenvalue weighted by Gasteiger charge is -2.19. The van der Waals surface area contributed by atoms with Gasteiger partial charge >= 0.3 is 0 Å². The molecule has 1 aliphatic rings. The zero-order chi connectivity index (χ0) is 21.0. The minimum absolute atomic E-state index is 0.0116. The molecule has 0 radical (unpaired) electrons. The molecule has 1 amide bonds. The second-order valence-corrected chi connectivity index (χ2v) is 8.40. The monoisotopic (exact) mass is 394 g/mol. The number of amides is 1. The predicted molar refractivity (Wildman–Crippen MR) is 116 cm³/mol. The number of methoxy groups -OCH3 is 1. The fourth-order valence-electron chi connectivity index (χ4n) is 3.38. The van der Waals surface area contributed by atoms with Crippen LogP contribution >= 0.6 is 0 Å². The van der Waals surface area contributed by atoms with Crippen molar-refractivity contribution in [2.24, 2.45) is 11.0 Å². The summed E-state index contributed by atoms with van der Waals surface area (Å²) < 4.78 is 10.8. The Morgan fingerprint density at radius 1 is 1.17 bits per heavy atom. The number of hydrogen-bond donors (Lipinski definition) is 1.